The standard InChI is InChI=1S/C13H13N3O3/c1-14-9-6-4-3-5-8(12(9)17)10-7-11(13(18)19)16(2)15-10/h3-7H,1-2H3,(H,14,17)(H,18,19). The van der Waals surface area contributed by atoms with E-state index in [2.05, 4.69) is 10.4 Å². The van der Waals surface area contributed by atoms with Gasteiger partial charge in [-0.15, -0.1) is 0 Å². The number of hydrogen-bond donors (Lipinski definition) is 2. The second-order valence-corrected chi connectivity index (χ2v) is 3.97. The van der Waals surface area contributed by atoms with Gasteiger partial charge >= 0.3 is 5.97 Å². The molecule has 0 fully saturated rings. The number of carboxylic acids is 1. The molecule has 6 nitrogen and oxygen atoms in total. The van der Waals surface area contributed by atoms with Crippen LogP contribution >= 0.6 is 0 Å². The average Bonchev–Trinajstić information content (AvgIpc) is 2.65. The molecular formula is C13H13N3O3. The summed E-state index contributed by atoms with van der Waals surface area (Å²) in [5.41, 5.74) is 0.951. The number of carbonyl (C=O) groups is 1. The third-order valence-corrected chi connectivity index (χ3v) is 2.77. The van der Waals surface area contributed by atoms with Gasteiger partial charge in [0.1, 0.15) is 5.69 Å². The molecule has 6 heteroatoms. The largest absolute Gasteiger partial charge is 0.477 e. The van der Waals surface area contributed by atoms with E-state index in [4.69, 9.17) is 5.11 Å². The summed E-state index contributed by atoms with van der Waals surface area (Å²) < 4.78 is 1.24. The number of hydrogen-bond acceptors (Lipinski definition) is 4. The topological polar surface area (TPSA) is 84.2 Å². The molecule has 2 aromatic rings. The monoisotopic (exact) mass is 259 g/mol. The van der Waals surface area contributed by atoms with E-state index in [-0.39, 0.29) is 11.1 Å². The summed E-state index contributed by atoms with van der Waals surface area (Å²) in [5.74, 6) is -1.08. The Hall–Kier alpha value is -2.63. The summed E-state index contributed by atoms with van der Waals surface area (Å²) in [7, 11) is 3.18. The van der Waals surface area contributed by atoms with Gasteiger partial charge in [0.05, 0.1) is 16.9 Å². The number of aromatic nitrogens is 2. The quantitative estimate of drug-likeness (QED) is 0.864. The molecule has 19 heavy (non-hydrogen) atoms. The van der Waals surface area contributed by atoms with Crippen LogP contribution in [0.1, 0.15) is 10.5 Å². The molecule has 0 aliphatic heterocycles. The Balaban J connectivity index is 2.67. The molecule has 2 rings (SSSR count). The minimum Gasteiger partial charge on any atom is -0.477 e. The molecule has 0 amide bonds. The molecule has 0 aliphatic carbocycles. The summed E-state index contributed by atoms with van der Waals surface area (Å²) in [5, 5.41) is 15.9. The number of aryl methyl sites for hydroxylation is 1. The normalized spacial score (nSPS) is 10.2. The zero-order chi connectivity index (χ0) is 14.0. The molecule has 1 aromatic heterocycles. The number of anilines is 1. The molecular weight excluding hydrogens is 246 g/mol. The van der Waals surface area contributed by atoms with Crippen LogP contribution in [0.4, 0.5) is 5.69 Å². The fraction of sp³-hybridized carbons (Fsp3) is 0.154. The van der Waals surface area contributed by atoms with Gasteiger partial charge < -0.3 is 10.4 Å². The lowest BCUT2D eigenvalue weighted by Crippen LogP contribution is -2.08. The summed E-state index contributed by atoms with van der Waals surface area (Å²) in [6.45, 7) is 0. The Kier molecular flexibility index (Phi) is 3.33. The number of nitrogens with zero attached hydrogens (tertiary/aromatic N) is 2. The fourth-order valence-corrected chi connectivity index (χ4v) is 1.80. The highest BCUT2D eigenvalue weighted by molar-refractivity contribution is 5.87. The molecule has 98 valence electrons. The maximum Gasteiger partial charge on any atom is 0.354 e. The maximum absolute atomic E-state index is 12.2. The van der Waals surface area contributed by atoms with Crippen LogP contribution in [0.5, 0.6) is 0 Å². The van der Waals surface area contributed by atoms with Gasteiger partial charge in [-0.2, -0.15) is 5.10 Å². The Morgan fingerprint density at radius 1 is 1.37 bits per heavy atom. The lowest BCUT2D eigenvalue weighted by molar-refractivity contribution is 0.0685. The van der Waals surface area contributed by atoms with Gasteiger partial charge in [-0.3, -0.25) is 9.48 Å². The third-order valence-electron chi connectivity index (χ3n) is 2.77. The lowest BCUT2D eigenvalue weighted by Gasteiger charge is -1.95. The van der Waals surface area contributed by atoms with Crippen molar-refractivity contribution in [2.24, 2.45) is 7.05 Å². The van der Waals surface area contributed by atoms with Crippen LogP contribution in [0.2, 0.25) is 0 Å². The van der Waals surface area contributed by atoms with Crippen molar-refractivity contribution in [2.45, 2.75) is 0 Å². The number of aromatic carboxylic acids is 1. The van der Waals surface area contributed by atoms with Crippen molar-refractivity contribution in [3.8, 4) is 11.3 Å². The first-order chi connectivity index (χ1) is 9.04. The van der Waals surface area contributed by atoms with Gasteiger partial charge in [-0.1, -0.05) is 12.1 Å². The highest BCUT2D eigenvalue weighted by Crippen LogP contribution is 2.16. The Morgan fingerprint density at radius 3 is 2.63 bits per heavy atom. The van der Waals surface area contributed by atoms with Gasteiger partial charge in [0, 0.05) is 14.1 Å². The molecule has 1 heterocycles. The van der Waals surface area contributed by atoms with Crippen LogP contribution < -0.4 is 10.7 Å². The maximum atomic E-state index is 12.2. The van der Waals surface area contributed by atoms with E-state index in [1.165, 1.54) is 17.8 Å². The van der Waals surface area contributed by atoms with Crippen molar-refractivity contribution in [3.05, 3.63) is 46.2 Å². The van der Waals surface area contributed by atoms with Crippen LogP contribution in [0.3, 0.4) is 0 Å². The van der Waals surface area contributed by atoms with Crippen LogP contribution in [-0.4, -0.2) is 27.9 Å². The summed E-state index contributed by atoms with van der Waals surface area (Å²) in [4.78, 5) is 23.2. The van der Waals surface area contributed by atoms with Crippen LogP contribution in [0.15, 0.2) is 35.1 Å². The Labute approximate surface area is 109 Å². The molecule has 0 aliphatic rings. The second-order valence-electron chi connectivity index (χ2n) is 3.97. The fourth-order valence-electron chi connectivity index (χ4n) is 1.80. The molecule has 2 N–H and O–H groups in total. The van der Waals surface area contributed by atoms with E-state index in [0.717, 1.165) is 0 Å². The van der Waals surface area contributed by atoms with Crippen molar-refractivity contribution in [3.63, 3.8) is 0 Å². The zero-order valence-corrected chi connectivity index (χ0v) is 10.5. The van der Waals surface area contributed by atoms with Gasteiger partial charge in [0.15, 0.2) is 0 Å². The predicted octanol–water partition coefficient (Wildman–Crippen LogP) is 1.19. The van der Waals surface area contributed by atoms with Gasteiger partial charge in [0.25, 0.3) is 0 Å². The van der Waals surface area contributed by atoms with Crippen molar-refractivity contribution in [1.29, 1.82) is 0 Å². The molecule has 0 unspecified atom stereocenters. The number of carboxylic acid groups (broad SMARTS) is 1. The van der Waals surface area contributed by atoms with Crippen LogP contribution in [0, 0.1) is 0 Å². The minimum absolute atomic E-state index is 0.0342. The van der Waals surface area contributed by atoms with Crippen LogP contribution in [0.25, 0.3) is 11.3 Å². The van der Waals surface area contributed by atoms with E-state index in [1.807, 2.05) is 0 Å². The first kappa shape index (κ1) is 12.8. The van der Waals surface area contributed by atoms with Crippen LogP contribution in [-0.2, 0) is 7.05 Å². The molecule has 0 saturated carbocycles. The van der Waals surface area contributed by atoms with Crippen molar-refractivity contribution in [1.82, 2.24) is 9.78 Å². The molecule has 0 saturated heterocycles. The van der Waals surface area contributed by atoms with Crippen molar-refractivity contribution in [2.75, 3.05) is 12.4 Å². The Bertz CT molecular complexity index is 692. The number of rotatable bonds is 3. The molecule has 0 radical (unpaired) electrons. The zero-order valence-electron chi connectivity index (χ0n) is 10.5. The van der Waals surface area contributed by atoms with E-state index < -0.39 is 5.97 Å². The van der Waals surface area contributed by atoms with Gasteiger partial charge in [0.2, 0.25) is 5.43 Å². The summed E-state index contributed by atoms with van der Waals surface area (Å²) >= 11 is 0. The molecule has 0 spiro atoms. The predicted molar refractivity (Wildman–Crippen MR) is 71.4 cm³/mol. The SMILES string of the molecule is CNc1ccccc(-c2cc(C(=O)O)n(C)n2)c1=O. The highest BCUT2D eigenvalue weighted by atomic mass is 16.4. The van der Waals surface area contributed by atoms with Crippen molar-refractivity contribution < 1.29 is 9.90 Å². The smallest absolute Gasteiger partial charge is 0.354 e. The average molecular weight is 259 g/mol. The van der Waals surface area contributed by atoms with E-state index in [0.29, 0.717) is 16.9 Å². The summed E-state index contributed by atoms with van der Waals surface area (Å²) in [6.07, 6.45) is 0. The minimum atomic E-state index is -1.08. The molecule has 0 bridgehead atoms. The van der Waals surface area contributed by atoms with Gasteiger partial charge in [-0.05, 0) is 18.2 Å². The van der Waals surface area contributed by atoms with Crippen molar-refractivity contribution >= 4 is 11.7 Å². The number of nitrogens with one attached hydrogen (secondary N) is 1. The van der Waals surface area contributed by atoms with Gasteiger partial charge in [-0.25, -0.2) is 4.79 Å². The first-order valence-corrected chi connectivity index (χ1v) is 5.63. The first-order valence-electron chi connectivity index (χ1n) is 5.63. The summed E-state index contributed by atoms with van der Waals surface area (Å²) in [6, 6.07) is 8.12. The van der Waals surface area contributed by atoms with E-state index >= 15 is 0 Å². The third kappa shape index (κ3) is 2.33. The lowest BCUT2D eigenvalue weighted by atomic mass is 10.2. The highest BCUT2D eigenvalue weighted by Gasteiger charge is 2.15. The Morgan fingerprint density at radius 2 is 2.05 bits per heavy atom. The second kappa shape index (κ2) is 4.93. The molecule has 0 atom stereocenters. The van der Waals surface area contributed by atoms with E-state index in [9.17, 15) is 9.59 Å². The molecule has 1 aromatic carbocycles. The van der Waals surface area contributed by atoms with E-state index in [1.54, 1.807) is 31.3 Å².